The number of fused-ring (bicyclic) bond motifs is 1. The molecule has 4 rings (SSSR count). The van der Waals surface area contributed by atoms with Gasteiger partial charge in [0.2, 0.25) is 11.8 Å². The molecule has 1 aliphatic carbocycles. The van der Waals surface area contributed by atoms with E-state index in [0.717, 1.165) is 19.3 Å². The van der Waals surface area contributed by atoms with Gasteiger partial charge in [0.25, 0.3) is 0 Å². The number of nitrogens with one attached hydrogen (secondary N) is 2. The quantitative estimate of drug-likeness (QED) is 0.208. The smallest absolute Gasteiger partial charge is 0.410 e. The van der Waals surface area contributed by atoms with Crippen LogP contribution in [0.5, 0.6) is 0 Å². The van der Waals surface area contributed by atoms with Gasteiger partial charge in [-0.1, -0.05) is 37.1 Å². The Balaban J connectivity index is 1.53. The number of hydrogen-bond donors (Lipinski definition) is 3. The van der Waals surface area contributed by atoms with Crippen molar-refractivity contribution in [2.45, 2.75) is 108 Å². The molecule has 3 aliphatic rings. The number of hydrogen-bond acceptors (Lipinski definition) is 7. The van der Waals surface area contributed by atoms with Gasteiger partial charge >= 0.3 is 18.2 Å². The summed E-state index contributed by atoms with van der Waals surface area (Å²) in [5.41, 5.74) is -1.32. The van der Waals surface area contributed by atoms with Gasteiger partial charge in [-0.15, -0.1) is 13.2 Å². The lowest BCUT2D eigenvalue weighted by Gasteiger charge is -2.30. The monoisotopic (exact) mass is 656 g/mol. The first kappa shape index (κ1) is 35.4. The van der Waals surface area contributed by atoms with E-state index < -0.39 is 71.0 Å². The van der Waals surface area contributed by atoms with Crippen LogP contribution >= 0.6 is 0 Å². The van der Waals surface area contributed by atoms with E-state index in [1.165, 1.54) is 21.9 Å². The fraction of sp³-hybridized carbons (Fsp3) is 0.559. The second-order valence-corrected chi connectivity index (χ2v) is 13.4. The van der Waals surface area contributed by atoms with E-state index in [1.54, 1.807) is 39.0 Å². The average molecular weight is 657 g/mol. The van der Waals surface area contributed by atoms with Crippen LogP contribution in [0.2, 0.25) is 0 Å². The number of amides is 4. The largest absolute Gasteiger partial charge is 0.479 e. The highest BCUT2D eigenvalue weighted by Crippen LogP contribution is 2.45. The van der Waals surface area contributed by atoms with Gasteiger partial charge in [-0.25, -0.2) is 18.8 Å². The maximum atomic E-state index is 14.3. The number of aliphatic carboxylic acids is 1. The highest BCUT2D eigenvalue weighted by Gasteiger charge is 2.61. The van der Waals surface area contributed by atoms with Crippen LogP contribution in [0.4, 0.5) is 14.0 Å². The molecular formula is C34H45FN4O8. The number of carbonyl (C=O) groups is 5. The number of alkyl carbamates (subject to hydrolysis) is 1. The third kappa shape index (κ3) is 8.49. The fourth-order valence-corrected chi connectivity index (χ4v) is 6.14. The molecule has 256 valence electrons. The number of nitrogens with zero attached hydrogens (tertiary/aromatic N) is 2. The predicted octanol–water partition coefficient (Wildman–Crippen LogP) is 4.42. The Morgan fingerprint density at radius 3 is 2.51 bits per heavy atom. The highest BCUT2D eigenvalue weighted by molar-refractivity contribution is 5.96. The number of carboxylic acids is 1. The maximum Gasteiger partial charge on any atom is 0.410 e. The zero-order valence-electron chi connectivity index (χ0n) is 27.3. The number of unbranched alkanes of at least 4 members (excludes halogenated alkanes) is 3. The van der Waals surface area contributed by atoms with Crippen molar-refractivity contribution in [1.82, 2.24) is 20.4 Å². The van der Waals surface area contributed by atoms with E-state index in [0.29, 0.717) is 17.5 Å². The normalized spacial score (nSPS) is 23.7. The molecule has 1 aromatic rings. The predicted molar refractivity (Wildman–Crippen MR) is 169 cm³/mol. The molecule has 12 nitrogen and oxygen atoms in total. The van der Waals surface area contributed by atoms with Gasteiger partial charge in [0.1, 0.15) is 35.1 Å². The number of likely N-dealkylation sites (tertiary alicyclic amines) is 1. The molecule has 1 saturated heterocycles. The first-order valence-corrected chi connectivity index (χ1v) is 16.0. The number of ether oxygens (including phenoxy) is 2. The summed E-state index contributed by atoms with van der Waals surface area (Å²) in [4.78, 5) is 68.5. The minimum atomic E-state index is -1.55. The van der Waals surface area contributed by atoms with Crippen molar-refractivity contribution in [3.05, 3.63) is 60.5 Å². The van der Waals surface area contributed by atoms with Gasteiger partial charge in [0.15, 0.2) is 0 Å². The number of halogens is 1. The lowest BCUT2D eigenvalue weighted by atomic mass is 10.0. The van der Waals surface area contributed by atoms with Crippen LogP contribution < -0.4 is 10.6 Å². The zero-order chi connectivity index (χ0) is 34.5. The molecular weight excluding hydrogens is 611 g/mol. The molecule has 1 saturated carbocycles. The minimum absolute atomic E-state index is 0.0118. The van der Waals surface area contributed by atoms with Gasteiger partial charge in [0, 0.05) is 24.4 Å². The summed E-state index contributed by atoms with van der Waals surface area (Å²) in [6.45, 7) is 12.4. The summed E-state index contributed by atoms with van der Waals surface area (Å²) in [7, 11) is 0. The third-order valence-electron chi connectivity index (χ3n) is 8.72. The Bertz CT molecular complexity index is 1410. The van der Waals surface area contributed by atoms with Gasteiger partial charge < -0.3 is 30.1 Å². The molecule has 2 fully saturated rings. The van der Waals surface area contributed by atoms with Crippen LogP contribution in [0, 0.1) is 11.7 Å². The molecule has 47 heavy (non-hydrogen) atoms. The molecule has 0 unspecified atom stereocenters. The third-order valence-corrected chi connectivity index (χ3v) is 8.72. The van der Waals surface area contributed by atoms with Gasteiger partial charge in [0.05, 0.1) is 13.1 Å². The molecule has 1 aromatic carbocycles. The molecule has 13 heteroatoms. The van der Waals surface area contributed by atoms with E-state index in [1.807, 2.05) is 0 Å². The number of allylic oxidation sites excluding steroid dienone is 1. The van der Waals surface area contributed by atoms with Crippen LogP contribution in [0.25, 0.3) is 0 Å². The Labute approximate surface area is 274 Å². The number of carbonyl (C=O) groups excluding carboxylic acids is 4. The molecule has 4 amide bonds. The van der Waals surface area contributed by atoms with E-state index in [-0.39, 0.29) is 38.9 Å². The van der Waals surface area contributed by atoms with Crippen LogP contribution in [0.1, 0.15) is 76.8 Å². The molecule has 0 aromatic heterocycles. The van der Waals surface area contributed by atoms with Crippen LogP contribution in [-0.2, 0) is 36.9 Å². The summed E-state index contributed by atoms with van der Waals surface area (Å²) >= 11 is 0. The molecule has 2 aliphatic heterocycles. The molecule has 0 spiro atoms. The van der Waals surface area contributed by atoms with Crippen molar-refractivity contribution in [3.63, 3.8) is 0 Å². The van der Waals surface area contributed by atoms with Crippen molar-refractivity contribution >= 4 is 30.0 Å². The summed E-state index contributed by atoms with van der Waals surface area (Å²) in [6.07, 6.45) is 4.07. The summed E-state index contributed by atoms with van der Waals surface area (Å²) in [5, 5.41) is 15.1. The second-order valence-electron chi connectivity index (χ2n) is 13.4. The number of rotatable bonds is 13. The average Bonchev–Trinajstić information content (AvgIpc) is 3.31. The number of carboxylic acid groups (broad SMARTS) is 1. The summed E-state index contributed by atoms with van der Waals surface area (Å²) < 4.78 is 25.5. The van der Waals surface area contributed by atoms with Crippen molar-refractivity contribution in [3.8, 4) is 0 Å². The van der Waals surface area contributed by atoms with Crippen molar-refractivity contribution in [2.75, 3.05) is 6.54 Å². The Morgan fingerprint density at radius 2 is 1.89 bits per heavy atom. The van der Waals surface area contributed by atoms with Gasteiger partial charge in [-0.2, -0.15) is 0 Å². The SMILES string of the molecule is C=CCCCCC[C@H](NC(=O)OC(C)(C)C)C(=O)N1C[C@H](OC(=O)N2Cc3cccc(F)c3C2)C[C@H]1C(=O)N[C@]1(C(=O)O)C[C@H]1C=C. The second kappa shape index (κ2) is 14.6. The molecule has 5 atom stereocenters. The zero-order valence-corrected chi connectivity index (χ0v) is 27.3. The van der Waals surface area contributed by atoms with E-state index >= 15 is 0 Å². The topological polar surface area (TPSA) is 155 Å². The summed E-state index contributed by atoms with van der Waals surface area (Å²) in [6, 6.07) is 2.35. The maximum absolute atomic E-state index is 14.3. The van der Waals surface area contributed by atoms with Gasteiger partial charge in [-0.05, 0) is 58.1 Å². The van der Waals surface area contributed by atoms with Crippen LogP contribution in [0.15, 0.2) is 43.5 Å². The lowest BCUT2D eigenvalue weighted by molar-refractivity contribution is -0.145. The fourth-order valence-electron chi connectivity index (χ4n) is 6.14. The first-order valence-electron chi connectivity index (χ1n) is 16.0. The first-order chi connectivity index (χ1) is 22.2. The van der Waals surface area contributed by atoms with E-state index in [9.17, 15) is 33.5 Å². The van der Waals surface area contributed by atoms with Crippen LogP contribution in [0.3, 0.4) is 0 Å². The Hall–Kier alpha value is -4.42. The Kier molecular flexibility index (Phi) is 11.0. The molecule has 0 radical (unpaired) electrons. The molecule has 2 heterocycles. The van der Waals surface area contributed by atoms with Crippen molar-refractivity contribution in [1.29, 1.82) is 0 Å². The summed E-state index contributed by atoms with van der Waals surface area (Å²) in [5.74, 6) is -3.45. The molecule has 0 bridgehead atoms. The standard InChI is InChI=1S/C34H45FN4O8/c1-6-8-9-10-11-15-26(36-31(44)47-33(3,4)5)29(41)39-19-23(16-27(39)28(40)37-34(30(42)43)17-22(34)7-2)46-32(45)38-18-21-13-12-14-25(35)24(21)20-38/h6-7,12-14,22-23,26-27H,1-2,8-11,15-20H2,3-5H3,(H,36,44)(H,37,40)(H,42,43)/t22-,23-,26+,27+,34-/m1/s1. The number of benzene rings is 1. The van der Waals surface area contributed by atoms with E-state index in [4.69, 9.17) is 9.47 Å². The lowest BCUT2D eigenvalue weighted by Crippen LogP contribution is -2.56. The molecule has 3 N–H and O–H groups in total. The van der Waals surface area contributed by atoms with E-state index in [2.05, 4.69) is 23.8 Å². The van der Waals surface area contributed by atoms with Gasteiger partial charge in [-0.3, -0.25) is 14.5 Å². The highest BCUT2D eigenvalue weighted by atomic mass is 19.1. The van der Waals surface area contributed by atoms with Crippen LogP contribution in [-0.4, -0.2) is 80.7 Å². The van der Waals surface area contributed by atoms with Crippen molar-refractivity contribution in [2.24, 2.45) is 5.92 Å². The Morgan fingerprint density at radius 1 is 1.15 bits per heavy atom. The van der Waals surface area contributed by atoms with Crippen molar-refractivity contribution < 1.29 is 42.9 Å². The minimum Gasteiger partial charge on any atom is -0.479 e.